The fraction of sp³-hybridized carbons (Fsp3) is 0.533. The molecule has 1 atom stereocenters. The molecule has 3 heterocycles. The van der Waals surface area contributed by atoms with Crippen molar-refractivity contribution in [3.8, 4) is 11.8 Å². The minimum atomic E-state index is -1.01. The Balaban J connectivity index is 1.35. The van der Waals surface area contributed by atoms with Crippen molar-refractivity contribution in [2.45, 2.75) is 68.9 Å². The normalized spacial score (nSPS) is 26.9. The summed E-state index contributed by atoms with van der Waals surface area (Å²) >= 11 is 1.53. The predicted molar refractivity (Wildman–Crippen MR) is 154 cm³/mol. The Morgan fingerprint density at radius 1 is 1.05 bits per heavy atom. The van der Waals surface area contributed by atoms with Crippen molar-refractivity contribution in [1.82, 2.24) is 34.4 Å². The van der Waals surface area contributed by atoms with Crippen LogP contribution in [0.25, 0.3) is 0 Å². The van der Waals surface area contributed by atoms with Crippen LogP contribution in [0.15, 0.2) is 35.8 Å². The number of carbonyl (C=O) groups is 1. The molecule has 3 aliphatic carbocycles. The molecule has 1 aromatic carbocycles. The van der Waals surface area contributed by atoms with Gasteiger partial charge in [0.05, 0.1) is 18.4 Å². The molecule has 2 spiro atoms. The third-order valence-corrected chi connectivity index (χ3v) is 10.3. The molecule has 10 nitrogen and oxygen atoms in total. The number of aliphatic imine (C=N–C) groups is 1. The van der Waals surface area contributed by atoms with Crippen molar-refractivity contribution in [1.29, 1.82) is 0 Å². The summed E-state index contributed by atoms with van der Waals surface area (Å²) < 4.78 is 9.52. The molecule has 0 saturated heterocycles. The first-order chi connectivity index (χ1) is 19.9. The van der Waals surface area contributed by atoms with Gasteiger partial charge in [-0.25, -0.2) is 4.99 Å². The number of nitrogens with zero attached hydrogens (tertiary/aromatic N) is 8. The van der Waals surface area contributed by atoms with Crippen molar-refractivity contribution in [3.05, 3.63) is 59.2 Å². The average Bonchev–Trinajstić information content (AvgIpc) is 3.36. The summed E-state index contributed by atoms with van der Waals surface area (Å²) in [5, 5.41) is 17.4. The van der Waals surface area contributed by atoms with E-state index in [0.29, 0.717) is 29.2 Å². The molecule has 11 heteroatoms. The molecular formula is C30H34N8O2S. The van der Waals surface area contributed by atoms with Gasteiger partial charge in [0.1, 0.15) is 18.5 Å². The van der Waals surface area contributed by atoms with E-state index in [1.807, 2.05) is 28.1 Å². The molecule has 3 aromatic rings. The number of fused-ring (bicyclic) bond motifs is 3. The number of aromatic nitrogens is 6. The number of aryl methyl sites for hydroxylation is 2. The summed E-state index contributed by atoms with van der Waals surface area (Å²) in [4.78, 5) is 22.3. The van der Waals surface area contributed by atoms with E-state index >= 15 is 4.79 Å². The van der Waals surface area contributed by atoms with Crippen LogP contribution in [0.3, 0.4) is 0 Å². The van der Waals surface area contributed by atoms with Crippen LogP contribution in [0.1, 0.15) is 66.9 Å². The number of thioether (sulfide) groups is 1. The number of amides is 1. The van der Waals surface area contributed by atoms with Gasteiger partial charge in [-0.05, 0) is 68.2 Å². The van der Waals surface area contributed by atoms with Gasteiger partial charge in [0.2, 0.25) is 0 Å². The minimum absolute atomic E-state index is 0.0166. The zero-order chi connectivity index (χ0) is 28.2. The lowest BCUT2D eigenvalue weighted by Gasteiger charge is -2.45. The van der Waals surface area contributed by atoms with E-state index in [9.17, 15) is 0 Å². The fourth-order valence-corrected chi connectivity index (χ4v) is 7.74. The van der Waals surface area contributed by atoms with Gasteiger partial charge in [-0.1, -0.05) is 29.7 Å². The smallest absolute Gasteiger partial charge is 0.262 e. The minimum Gasteiger partial charge on any atom is -0.381 e. The van der Waals surface area contributed by atoms with E-state index in [4.69, 9.17) is 9.73 Å². The average molecular weight is 571 g/mol. The number of rotatable bonds is 5. The molecule has 1 unspecified atom stereocenters. The second-order valence-corrected chi connectivity index (χ2v) is 12.8. The van der Waals surface area contributed by atoms with Gasteiger partial charge in [-0.15, -0.1) is 20.4 Å². The highest BCUT2D eigenvalue weighted by Gasteiger charge is 2.67. The molecule has 0 bridgehead atoms. The van der Waals surface area contributed by atoms with Crippen molar-refractivity contribution in [2.75, 3.05) is 7.11 Å². The van der Waals surface area contributed by atoms with E-state index < -0.39 is 5.54 Å². The Hall–Kier alpha value is -3.49. The zero-order valence-corrected chi connectivity index (χ0v) is 24.5. The maximum atomic E-state index is 15.0. The number of methoxy groups -OCH3 is 1. The van der Waals surface area contributed by atoms with Crippen LogP contribution in [0.4, 0.5) is 0 Å². The SMILES string of the molecule is COC1CCC2(CC1)Cc1ccc(C#CC3CC3)cc1C21N=C(SCc2nncn2C)N(Cc2nncn2C)C1=O. The molecule has 41 heavy (non-hydrogen) atoms. The third-order valence-electron chi connectivity index (χ3n) is 9.31. The third kappa shape index (κ3) is 4.39. The number of ether oxygens (including phenoxy) is 1. The fourth-order valence-electron chi connectivity index (χ4n) is 6.72. The van der Waals surface area contributed by atoms with Gasteiger partial charge in [0, 0.05) is 38.1 Å². The Labute approximate surface area is 244 Å². The quantitative estimate of drug-likeness (QED) is 0.434. The maximum absolute atomic E-state index is 15.0. The van der Waals surface area contributed by atoms with Crippen LogP contribution < -0.4 is 0 Å². The van der Waals surface area contributed by atoms with Crippen molar-refractivity contribution < 1.29 is 9.53 Å². The lowest BCUT2D eigenvalue weighted by Crippen LogP contribution is -2.51. The molecule has 1 amide bonds. The molecule has 2 saturated carbocycles. The Morgan fingerprint density at radius 3 is 2.44 bits per heavy atom. The van der Waals surface area contributed by atoms with E-state index in [1.54, 1.807) is 19.8 Å². The Kier molecular flexibility index (Phi) is 6.51. The predicted octanol–water partition coefficient (Wildman–Crippen LogP) is 3.36. The topological polar surface area (TPSA) is 103 Å². The van der Waals surface area contributed by atoms with Gasteiger partial charge < -0.3 is 13.9 Å². The second kappa shape index (κ2) is 10.1. The summed E-state index contributed by atoms with van der Waals surface area (Å²) in [6.45, 7) is 0.301. The first-order valence-electron chi connectivity index (χ1n) is 14.3. The lowest BCUT2D eigenvalue weighted by atomic mass is 9.61. The lowest BCUT2D eigenvalue weighted by molar-refractivity contribution is -0.138. The van der Waals surface area contributed by atoms with Gasteiger partial charge in [-0.3, -0.25) is 9.69 Å². The molecule has 7 rings (SSSR count). The standard InChI is InChI=1S/C30H34N8O2S/c1-36-18-31-34-25(36)16-38-27(39)30(33-28(38)41-17-26-35-32-19-37(26)2)24-14-21(7-6-20-4-5-20)8-9-22(24)15-29(30)12-10-23(40-3)11-13-29/h8-9,14,18-20,23H,4-5,10-13,15-17H2,1-3H3. The summed E-state index contributed by atoms with van der Waals surface area (Å²) in [5.74, 6) is 9.39. The van der Waals surface area contributed by atoms with E-state index in [0.717, 1.165) is 49.1 Å². The van der Waals surface area contributed by atoms with Gasteiger partial charge in [0.15, 0.2) is 16.5 Å². The van der Waals surface area contributed by atoms with Crippen LogP contribution in [-0.2, 0) is 47.9 Å². The molecule has 0 radical (unpaired) electrons. The number of benzene rings is 1. The van der Waals surface area contributed by atoms with E-state index in [-0.39, 0.29) is 17.4 Å². The highest BCUT2D eigenvalue weighted by molar-refractivity contribution is 8.13. The highest BCUT2D eigenvalue weighted by atomic mass is 32.2. The van der Waals surface area contributed by atoms with Gasteiger partial charge in [0.25, 0.3) is 5.91 Å². The zero-order valence-electron chi connectivity index (χ0n) is 23.7. The maximum Gasteiger partial charge on any atom is 0.262 e. The number of carbonyl (C=O) groups excluding carboxylic acids is 1. The van der Waals surface area contributed by atoms with Gasteiger partial charge in [-0.2, -0.15) is 0 Å². The van der Waals surface area contributed by atoms with Crippen molar-refractivity contribution >= 4 is 22.8 Å². The molecule has 1 aliphatic heterocycles. The largest absolute Gasteiger partial charge is 0.381 e. The van der Waals surface area contributed by atoms with Gasteiger partial charge >= 0.3 is 0 Å². The summed E-state index contributed by atoms with van der Waals surface area (Å²) in [7, 11) is 5.62. The van der Waals surface area contributed by atoms with Crippen LogP contribution in [0, 0.1) is 23.2 Å². The molecular weight excluding hydrogens is 536 g/mol. The highest BCUT2D eigenvalue weighted by Crippen LogP contribution is 2.62. The van der Waals surface area contributed by atoms with E-state index in [1.165, 1.54) is 30.2 Å². The van der Waals surface area contributed by atoms with E-state index in [2.05, 4.69) is 50.4 Å². The first kappa shape index (κ1) is 26.4. The van der Waals surface area contributed by atoms with Crippen molar-refractivity contribution in [2.24, 2.45) is 30.4 Å². The van der Waals surface area contributed by atoms with Crippen LogP contribution in [0.2, 0.25) is 0 Å². The molecule has 4 aliphatic rings. The summed E-state index contributed by atoms with van der Waals surface area (Å²) in [6.07, 6.45) is 10.3. The molecule has 2 fully saturated rings. The molecule has 2 aromatic heterocycles. The van der Waals surface area contributed by atoms with Crippen LogP contribution in [-0.4, -0.2) is 58.7 Å². The number of hydrogen-bond donors (Lipinski definition) is 0. The molecule has 212 valence electrons. The summed E-state index contributed by atoms with van der Waals surface area (Å²) in [5.41, 5.74) is 1.83. The summed E-state index contributed by atoms with van der Waals surface area (Å²) in [6, 6.07) is 6.46. The molecule has 0 N–H and O–H groups in total. The van der Waals surface area contributed by atoms with Crippen molar-refractivity contribution in [3.63, 3.8) is 0 Å². The Bertz CT molecular complexity index is 1590. The Morgan fingerprint density at radius 2 is 1.78 bits per heavy atom. The van der Waals surface area contributed by atoms with Crippen LogP contribution >= 0.6 is 11.8 Å². The van der Waals surface area contributed by atoms with Crippen LogP contribution in [0.5, 0.6) is 0 Å². The monoisotopic (exact) mass is 570 g/mol. The number of hydrogen-bond acceptors (Lipinski definition) is 8. The first-order valence-corrected chi connectivity index (χ1v) is 15.3. The second-order valence-electron chi connectivity index (χ2n) is 11.8. The number of amidine groups is 1.